The number of hydrogen-bond acceptors (Lipinski definition) is 0. The van der Waals surface area contributed by atoms with Gasteiger partial charge in [-0.2, -0.15) is 13.2 Å². The van der Waals surface area contributed by atoms with Gasteiger partial charge in [0.2, 0.25) is 22.8 Å². The Bertz CT molecular complexity index is 5290. The van der Waals surface area contributed by atoms with Crippen LogP contribution >= 0.6 is 0 Å². The van der Waals surface area contributed by atoms with Crippen LogP contribution in [0.3, 0.4) is 0 Å². The van der Waals surface area contributed by atoms with E-state index in [-0.39, 0.29) is 21.7 Å². The molecule has 17 heteroatoms. The molecule has 0 aliphatic heterocycles. The normalized spacial score (nSPS) is 12.0. The van der Waals surface area contributed by atoms with Gasteiger partial charge in [-0.1, -0.05) is 95.2 Å². The van der Waals surface area contributed by atoms with Crippen molar-refractivity contribution in [2.75, 3.05) is 0 Å². The Labute approximate surface area is 639 Å². The van der Waals surface area contributed by atoms with Crippen LogP contribution in [0.15, 0.2) is 165 Å². The predicted octanol–water partition coefficient (Wildman–Crippen LogP) is 16.4. The molecule has 0 amide bonds. The van der Waals surface area contributed by atoms with Gasteiger partial charge >= 0.3 is 6.18 Å². The standard InChI is InChI=1S/C24H33N3.C23H28F3N3.C22H27F2N3.C22H29N3/c1-16-14-17(2)22(23-25(7)12-13-26(23)8)18(3)21(16)20-11-10-19(15-27(20)9)24(4,5)6;1-15-18(20-14-16(22(2,3)4)8-9-27(20)5)12-17(23(24,25)26)13-19(15)21-28(6)10-11-29(21)7;1-14-19(18-12-15(22(2,3)4)8-9-25(18)5)16(23)13-17(24)20(14)21-26(6)10-11-27(21)7;1-16-18(20-12-11-17(15-25(20)7)22(2,3)4)9-8-10-19(16)21-23(5)13-14-24(21)6/h10-15H,1-9H3;8-14H,1-7H3;8-13H,1-7H3;8-15H,1-7H3/q4*+2. The number of imidazole rings is 4. The summed E-state index contributed by atoms with van der Waals surface area (Å²) in [4.78, 5) is 0. The van der Waals surface area contributed by atoms with Gasteiger partial charge in [-0.05, 0) is 144 Å². The molecule has 0 radical (unpaired) electrons. The maximum absolute atomic E-state index is 15.0. The van der Waals surface area contributed by atoms with Crippen LogP contribution < -0.4 is 36.5 Å². The van der Waals surface area contributed by atoms with Gasteiger partial charge in [-0.3, -0.25) is 0 Å². The second kappa shape index (κ2) is 30.9. The Morgan fingerprint density at radius 1 is 0.287 bits per heavy atom. The van der Waals surface area contributed by atoms with Crippen molar-refractivity contribution >= 4 is 0 Å². The number of pyridine rings is 4. The van der Waals surface area contributed by atoms with Crippen molar-refractivity contribution in [3.8, 4) is 90.6 Å². The molecular weight excluding hydrogens is 1360 g/mol. The minimum Gasteiger partial charge on any atom is -0.233 e. The molecule has 0 aliphatic rings. The van der Waals surface area contributed by atoms with Crippen LogP contribution in [0.1, 0.15) is 144 Å². The molecule has 0 N–H and O–H groups in total. The van der Waals surface area contributed by atoms with Crippen molar-refractivity contribution in [2.45, 2.75) is 152 Å². The van der Waals surface area contributed by atoms with Crippen molar-refractivity contribution < 1.29 is 58.5 Å². The van der Waals surface area contributed by atoms with E-state index in [1.54, 1.807) is 6.92 Å². The molecule has 0 atom stereocenters. The zero-order valence-electron chi connectivity index (χ0n) is 69.8. The summed E-state index contributed by atoms with van der Waals surface area (Å²) in [6, 6.07) is 29.5. The summed E-state index contributed by atoms with van der Waals surface area (Å²) in [6.45, 7) is 38.8. The minimum atomic E-state index is -4.43. The molecule has 0 saturated heterocycles. The number of halogens is 5. The van der Waals surface area contributed by atoms with Crippen molar-refractivity contribution in [3.05, 3.63) is 238 Å². The molecule has 12 aromatic rings. The molecule has 108 heavy (non-hydrogen) atoms. The Kier molecular flexibility index (Phi) is 23.5. The molecule has 8 aromatic heterocycles. The van der Waals surface area contributed by atoms with E-state index in [2.05, 4.69) is 266 Å². The lowest BCUT2D eigenvalue weighted by Gasteiger charge is -2.19. The third kappa shape index (κ3) is 17.0. The first-order chi connectivity index (χ1) is 50.0. The number of aryl methyl sites for hydroxylation is 14. The average molecular weight is 1470 g/mol. The Balaban J connectivity index is 0.000000166. The fourth-order valence-corrected chi connectivity index (χ4v) is 14.8. The largest absolute Gasteiger partial charge is 0.416 e. The van der Waals surface area contributed by atoms with E-state index >= 15 is 0 Å². The maximum atomic E-state index is 15.0. The van der Waals surface area contributed by atoms with Crippen molar-refractivity contribution in [1.29, 1.82) is 0 Å². The van der Waals surface area contributed by atoms with Gasteiger partial charge in [-0.15, -0.1) is 0 Å². The van der Waals surface area contributed by atoms with Crippen molar-refractivity contribution in [3.63, 3.8) is 0 Å². The molecule has 12 nitrogen and oxygen atoms in total. The molecule has 0 aliphatic carbocycles. The van der Waals surface area contributed by atoms with Crippen LogP contribution in [0.25, 0.3) is 90.6 Å². The Hall–Kier alpha value is -10.0. The van der Waals surface area contributed by atoms with Gasteiger partial charge < -0.3 is 0 Å². The Morgan fingerprint density at radius 3 is 1.09 bits per heavy atom. The molecule has 0 unspecified atom stereocenters. The van der Waals surface area contributed by atoms with Gasteiger partial charge in [0.15, 0.2) is 24.8 Å². The van der Waals surface area contributed by atoms with E-state index < -0.39 is 23.4 Å². The highest BCUT2D eigenvalue weighted by Crippen LogP contribution is 2.41. The number of alkyl halides is 3. The third-order valence-corrected chi connectivity index (χ3v) is 21.3. The SMILES string of the molecule is Cc1c(-c2cc(C(C)(C)C)cc[n+]2C)c(F)cc(F)c1-c1n(C)cc[n+]1C.Cc1c(-c2cc(C(C)(C)C)cc[n+]2C)cc(C(F)(F)F)cc1-c1n(C)cc[n+]1C.Cc1c(-c2ccc(C(C)(C)C)c[n+]2C)cccc1-c1n(C)cc[n+]1C.Cc1cc(C)c(-c2n(C)cc[n+]2C)c(C)c1-c1ccc(C(C)(C)C)c[n+]1C. The summed E-state index contributed by atoms with van der Waals surface area (Å²) in [5.74, 6) is 2.77. The molecule has 0 bridgehead atoms. The number of nitrogens with zero attached hydrogens (tertiary/aromatic N) is 12. The van der Waals surface area contributed by atoms with Crippen LogP contribution in [0, 0.1) is 53.2 Å². The van der Waals surface area contributed by atoms with Crippen molar-refractivity contribution in [2.24, 2.45) is 84.6 Å². The second-order valence-electron chi connectivity index (χ2n) is 33.8. The Morgan fingerprint density at radius 2 is 0.657 bits per heavy atom. The van der Waals surface area contributed by atoms with Gasteiger partial charge in [0, 0.05) is 59.2 Å². The van der Waals surface area contributed by atoms with Gasteiger partial charge in [0.1, 0.15) is 95.0 Å². The molecular formula is C91H117F5N12+8. The predicted molar refractivity (Wildman–Crippen MR) is 423 cm³/mol. The van der Waals surface area contributed by atoms with Gasteiger partial charge in [0.05, 0.1) is 95.3 Å². The van der Waals surface area contributed by atoms with E-state index in [9.17, 15) is 22.0 Å². The fraction of sp³-hybridized carbons (Fsp3) is 0.385. The highest BCUT2D eigenvalue weighted by Gasteiger charge is 2.37. The van der Waals surface area contributed by atoms with E-state index in [1.165, 1.54) is 90.8 Å². The van der Waals surface area contributed by atoms with E-state index in [0.717, 1.165) is 40.0 Å². The summed E-state index contributed by atoms with van der Waals surface area (Å²) >= 11 is 0. The number of rotatable bonds is 8. The van der Waals surface area contributed by atoms with E-state index in [0.29, 0.717) is 33.6 Å². The molecule has 568 valence electrons. The average Bonchev–Trinajstić information content (AvgIpc) is 1.27. The maximum Gasteiger partial charge on any atom is 0.416 e. The highest BCUT2D eigenvalue weighted by atomic mass is 19.4. The van der Waals surface area contributed by atoms with Crippen molar-refractivity contribution in [1.82, 2.24) is 18.3 Å². The van der Waals surface area contributed by atoms with Crippen LogP contribution in [0.2, 0.25) is 0 Å². The van der Waals surface area contributed by atoms with Crippen LogP contribution in [-0.2, 0) is 112 Å². The quantitative estimate of drug-likeness (QED) is 0.108. The van der Waals surface area contributed by atoms with Gasteiger partial charge in [-0.25, -0.2) is 63.6 Å². The lowest BCUT2D eigenvalue weighted by molar-refractivity contribution is -0.661. The first-order valence-electron chi connectivity index (χ1n) is 37.0. The van der Waals surface area contributed by atoms with Crippen LogP contribution in [0.5, 0.6) is 0 Å². The lowest BCUT2D eigenvalue weighted by Crippen LogP contribution is -2.34. The molecule has 4 aromatic carbocycles. The fourth-order valence-electron chi connectivity index (χ4n) is 14.8. The molecule has 0 spiro atoms. The lowest BCUT2D eigenvalue weighted by atomic mass is 9.86. The summed E-state index contributed by atoms with van der Waals surface area (Å²) in [6.07, 6.45) is 19.8. The number of benzene rings is 4. The van der Waals surface area contributed by atoms with Crippen LogP contribution in [0.4, 0.5) is 22.0 Å². The number of hydrogen-bond donors (Lipinski definition) is 0. The summed E-state index contributed by atoms with van der Waals surface area (Å²) in [7, 11) is 23.9. The van der Waals surface area contributed by atoms with Gasteiger partial charge in [0.25, 0.3) is 23.3 Å². The first-order valence-corrected chi connectivity index (χ1v) is 37.0. The zero-order chi connectivity index (χ0) is 80.3. The smallest absolute Gasteiger partial charge is 0.233 e. The molecule has 12 rings (SSSR count). The topological polar surface area (TPSA) is 50.8 Å². The van der Waals surface area contributed by atoms with E-state index in [1.807, 2.05) is 138 Å². The van der Waals surface area contributed by atoms with E-state index in [4.69, 9.17) is 0 Å². The summed E-state index contributed by atoms with van der Waals surface area (Å²) in [5, 5.41) is 0. The molecule has 0 fully saturated rings. The molecule has 0 saturated carbocycles. The first kappa shape index (κ1) is 82.0. The second-order valence-corrected chi connectivity index (χ2v) is 33.8. The summed E-state index contributed by atoms with van der Waals surface area (Å²) < 4.78 is 95.6. The highest BCUT2D eigenvalue weighted by molar-refractivity contribution is 5.79. The third-order valence-electron chi connectivity index (χ3n) is 21.3. The minimum absolute atomic E-state index is 0.0686. The summed E-state index contributed by atoms with van der Waals surface area (Å²) in [5.41, 5.74) is 22.3. The number of aromatic nitrogens is 12. The monoisotopic (exact) mass is 1470 g/mol. The zero-order valence-corrected chi connectivity index (χ0v) is 69.8. The van der Waals surface area contributed by atoms with Crippen LogP contribution in [-0.4, -0.2) is 18.3 Å². The molecule has 8 heterocycles.